The molecule has 0 atom stereocenters. The molecule has 0 saturated carbocycles. The van der Waals surface area contributed by atoms with Gasteiger partial charge in [0.2, 0.25) is 0 Å². The Morgan fingerprint density at radius 1 is 1.47 bits per heavy atom. The van der Waals surface area contributed by atoms with Gasteiger partial charge in [-0.25, -0.2) is 0 Å². The predicted octanol–water partition coefficient (Wildman–Crippen LogP) is 1.77. The van der Waals surface area contributed by atoms with Crippen molar-refractivity contribution in [2.24, 2.45) is 10.7 Å². The molecule has 0 aromatic heterocycles. The Hall–Kier alpha value is -1.51. The number of fused-ring (bicyclic) bond motifs is 1. The van der Waals surface area contributed by atoms with E-state index in [0.29, 0.717) is 5.96 Å². The molecule has 80 valence electrons. The first-order chi connectivity index (χ1) is 7.33. The number of hydrogen-bond acceptors (Lipinski definition) is 1. The second-order valence-corrected chi connectivity index (χ2v) is 3.77. The molecule has 0 saturated heterocycles. The summed E-state index contributed by atoms with van der Waals surface area (Å²) in [4.78, 5) is 6.45. The molecule has 1 aliphatic heterocycles. The molecule has 0 radical (unpaired) electrons. The van der Waals surface area contributed by atoms with E-state index in [9.17, 15) is 0 Å². The van der Waals surface area contributed by atoms with Crippen molar-refractivity contribution in [1.29, 1.82) is 0 Å². The van der Waals surface area contributed by atoms with E-state index in [0.717, 1.165) is 25.9 Å². The zero-order chi connectivity index (χ0) is 10.7. The van der Waals surface area contributed by atoms with E-state index in [-0.39, 0.29) is 0 Å². The van der Waals surface area contributed by atoms with Gasteiger partial charge in [0.25, 0.3) is 0 Å². The van der Waals surface area contributed by atoms with Crippen molar-refractivity contribution in [1.82, 2.24) is 0 Å². The standard InChI is InChI=1S/C12H17N3/c1-2-8-14-12(13)15-9-7-10-5-3-4-6-11(10)15/h3-6H,2,7-9H2,1H3,(H2,13,14). The Morgan fingerprint density at radius 2 is 2.27 bits per heavy atom. The first-order valence-corrected chi connectivity index (χ1v) is 5.48. The monoisotopic (exact) mass is 203 g/mol. The fraction of sp³-hybridized carbons (Fsp3) is 0.417. The average Bonchev–Trinajstić information content (AvgIpc) is 2.69. The molecule has 15 heavy (non-hydrogen) atoms. The number of aliphatic imine (C=N–C) groups is 1. The van der Waals surface area contributed by atoms with Crippen molar-refractivity contribution in [2.75, 3.05) is 18.0 Å². The van der Waals surface area contributed by atoms with Crippen molar-refractivity contribution >= 4 is 11.6 Å². The van der Waals surface area contributed by atoms with Crippen LogP contribution < -0.4 is 10.6 Å². The molecule has 2 rings (SSSR count). The Morgan fingerprint density at radius 3 is 3.07 bits per heavy atom. The summed E-state index contributed by atoms with van der Waals surface area (Å²) in [5.41, 5.74) is 8.54. The summed E-state index contributed by atoms with van der Waals surface area (Å²) in [5.74, 6) is 0.654. The molecule has 1 aliphatic rings. The zero-order valence-electron chi connectivity index (χ0n) is 9.11. The van der Waals surface area contributed by atoms with Crippen LogP contribution >= 0.6 is 0 Å². The molecule has 0 fully saturated rings. The van der Waals surface area contributed by atoms with Gasteiger partial charge in [0.15, 0.2) is 5.96 Å². The van der Waals surface area contributed by atoms with Crippen LogP contribution in [0.2, 0.25) is 0 Å². The smallest absolute Gasteiger partial charge is 0.195 e. The highest BCUT2D eigenvalue weighted by molar-refractivity contribution is 5.96. The van der Waals surface area contributed by atoms with Crippen LogP contribution in [0.1, 0.15) is 18.9 Å². The van der Waals surface area contributed by atoms with Crippen molar-refractivity contribution in [3.05, 3.63) is 29.8 Å². The van der Waals surface area contributed by atoms with E-state index in [1.165, 1.54) is 11.3 Å². The number of hydrogen-bond donors (Lipinski definition) is 1. The second-order valence-electron chi connectivity index (χ2n) is 3.77. The lowest BCUT2D eigenvalue weighted by atomic mass is 10.2. The van der Waals surface area contributed by atoms with Gasteiger partial charge in [0, 0.05) is 18.8 Å². The normalized spacial score (nSPS) is 15.5. The van der Waals surface area contributed by atoms with Crippen LogP contribution in [0, 0.1) is 0 Å². The summed E-state index contributed by atoms with van der Waals surface area (Å²) >= 11 is 0. The maximum absolute atomic E-state index is 5.96. The summed E-state index contributed by atoms with van der Waals surface area (Å²) in [6.45, 7) is 3.87. The molecule has 0 bridgehead atoms. The third kappa shape index (κ3) is 1.96. The molecule has 0 amide bonds. The van der Waals surface area contributed by atoms with E-state index in [1.54, 1.807) is 0 Å². The lowest BCUT2D eigenvalue weighted by molar-refractivity contribution is 0.913. The lowest BCUT2D eigenvalue weighted by Crippen LogP contribution is -2.36. The lowest BCUT2D eigenvalue weighted by Gasteiger charge is -2.17. The minimum Gasteiger partial charge on any atom is -0.370 e. The minimum absolute atomic E-state index is 0.654. The van der Waals surface area contributed by atoms with Crippen LogP contribution in [0.4, 0.5) is 5.69 Å². The summed E-state index contributed by atoms with van der Waals surface area (Å²) in [5, 5.41) is 0. The highest BCUT2D eigenvalue weighted by Gasteiger charge is 2.20. The quantitative estimate of drug-likeness (QED) is 0.588. The predicted molar refractivity (Wildman–Crippen MR) is 64.3 cm³/mol. The third-order valence-corrected chi connectivity index (χ3v) is 2.66. The highest BCUT2D eigenvalue weighted by atomic mass is 15.3. The van der Waals surface area contributed by atoms with Gasteiger partial charge >= 0.3 is 0 Å². The van der Waals surface area contributed by atoms with E-state index < -0.39 is 0 Å². The van der Waals surface area contributed by atoms with Crippen molar-refractivity contribution in [3.8, 4) is 0 Å². The molecule has 0 unspecified atom stereocenters. The molecule has 1 heterocycles. The zero-order valence-corrected chi connectivity index (χ0v) is 9.11. The van der Waals surface area contributed by atoms with Gasteiger partial charge in [0.05, 0.1) is 0 Å². The number of benzene rings is 1. The average molecular weight is 203 g/mol. The molecule has 3 nitrogen and oxygen atoms in total. The maximum atomic E-state index is 5.96. The largest absolute Gasteiger partial charge is 0.370 e. The Bertz CT molecular complexity index is 371. The van der Waals surface area contributed by atoms with Gasteiger partial charge in [-0.05, 0) is 24.5 Å². The van der Waals surface area contributed by atoms with Gasteiger partial charge < -0.3 is 10.6 Å². The van der Waals surface area contributed by atoms with Crippen LogP contribution in [0.15, 0.2) is 29.3 Å². The van der Waals surface area contributed by atoms with Gasteiger partial charge in [-0.15, -0.1) is 0 Å². The molecular weight excluding hydrogens is 186 g/mol. The summed E-state index contributed by atoms with van der Waals surface area (Å²) in [7, 11) is 0. The van der Waals surface area contributed by atoms with E-state index in [1.807, 2.05) is 6.07 Å². The van der Waals surface area contributed by atoms with Gasteiger partial charge in [-0.3, -0.25) is 4.99 Å². The Labute approximate surface area is 90.6 Å². The molecule has 0 spiro atoms. The van der Waals surface area contributed by atoms with Crippen LogP contribution in [0.25, 0.3) is 0 Å². The minimum atomic E-state index is 0.654. The third-order valence-electron chi connectivity index (χ3n) is 2.66. The van der Waals surface area contributed by atoms with Gasteiger partial charge in [0.1, 0.15) is 0 Å². The summed E-state index contributed by atoms with van der Waals surface area (Å²) < 4.78 is 0. The summed E-state index contributed by atoms with van der Waals surface area (Å²) in [6, 6.07) is 8.38. The van der Waals surface area contributed by atoms with E-state index in [2.05, 4.69) is 35.0 Å². The number of nitrogens with two attached hydrogens (primary N) is 1. The van der Waals surface area contributed by atoms with Crippen molar-refractivity contribution in [2.45, 2.75) is 19.8 Å². The first kappa shape index (κ1) is 10.0. The first-order valence-electron chi connectivity index (χ1n) is 5.48. The Kier molecular flexibility index (Phi) is 2.90. The van der Waals surface area contributed by atoms with Crippen molar-refractivity contribution < 1.29 is 0 Å². The topological polar surface area (TPSA) is 41.6 Å². The van der Waals surface area contributed by atoms with Gasteiger partial charge in [-0.1, -0.05) is 25.1 Å². The van der Waals surface area contributed by atoms with Crippen LogP contribution in [-0.2, 0) is 6.42 Å². The molecular formula is C12H17N3. The number of nitrogens with zero attached hydrogens (tertiary/aromatic N) is 2. The maximum Gasteiger partial charge on any atom is 0.195 e. The SMILES string of the molecule is CCCN=C(N)N1CCc2ccccc21. The fourth-order valence-corrected chi connectivity index (χ4v) is 1.89. The Balaban J connectivity index is 2.20. The van der Waals surface area contributed by atoms with Gasteiger partial charge in [-0.2, -0.15) is 0 Å². The molecule has 0 aliphatic carbocycles. The van der Waals surface area contributed by atoms with Crippen LogP contribution in [-0.4, -0.2) is 19.0 Å². The van der Waals surface area contributed by atoms with Crippen LogP contribution in [0.3, 0.4) is 0 Å². The van der Waals surface area contributed by atoms with Crippen LogP contribution in [0.5, 0.6) is 0 Å². The number of anilines is 1. The number of para-hydroxylation sites is 1. The molecule has 1 aromatic rings. The molecule has 2 N–H and O–H groups in total. The summed E-state index contributed by atoms with van der Waals surface area (Å²) in [6.07, 6.45) is 2.11. The van der Waals surface area contributed by atoms with Crippen molar-refractivity contribution in [3.63, 3.8) is 0 Å². The highest BCUT2D eigenvalue weighted by Crippen LogP contribution is 2.26. The van der Waals surface area contributed by atoms with E-state index >= 15 is 0 Å². The molecule has 1 aromatic carbocycles. The fourth-order valence-electron chi connectivity index (χ4n) is 1.89. The second kappa shape index (κ2) is 4.34. The number of rotatable bonds is 2. The van der Waals surface area contributed by atoms with E-state index in [4.69, 9.17) is 5.73 Å². The number of guanidine groups is 1. The molecule has 3 heteroatoms.